The van der Waals surface area contributed by atoms with Crippen LogP contribution in [0.15, 0.2) is 18.2 Å². The molecule has 0 N–H and O–H groups in total. The molecule has 0 saturated carbocycles. The van der Waals surface area contributed by atoms with E-state index in [1.54, 1.807) is 0 Å². The fourth-order valence-corrected chi connectivity index (χ4v) is 2.67. The first-order chi connectivity index (χ1) is 9.43. The van der Waals surface area contributed by atoms with Crippen molar-refractivity contribution < 1.29 is 14.5 Å². The summed E-state index contributed by atoms with van der Waals surface area (Å²) >= 11 is 3.32. The largest absolute Gasteiger partial charge is 0.306 e. The molecule has 1 saturated heterocycles. The van der Waals surface area contributed by atoms with E-state index in [2.05, 4.69) is 15.9 Å². The second-order valence-corrected chi connectivity index (χ2v) is 5.39. The molecule has 1 aliphatic rings. The molecule has 0 aromatic heterocycles. The van der Waals surface area contributed by atoms with Gasteiger partial charge >= 0.3 is 0 Å². The minimum Gasteiger partial charge on any atom is -0.306 e. The van der Waals surface area contributed by atoms with Crippen molar-refractivity contribution in [3.8, 4) is 0 Å². The lowest BCUT2D eigenvalue weighted by molar-refractivity contribution is -0.384. The monoisotopic (exact) mass is 340 g/mol. The molecule has 7 heteroatoms. The molecule has 1 heterocycles. The summed E-state index contributed by atoms with van der Waals surface area (Å²) in [5.41, 5.74) is 0.318. The number of ketones is 1. The third-order valence-electron chi connectivity index (χ3n) is 3.29. The molecule has 1 fully saturated rings. The molecule has 106 valence electrons. The van der Waals surface area contributed by atoms with E-state index in [1.165, 1.54) is 30.0 Å². The zero-order valence-electron chi connectivity index (χ0n) is 10.8. The minimum absolute atomic E-state index is 0.131. The van der Waals surface area contributed by atoms with Gasteiger partial charge in [0.15, 0.2) is 5.78 Å². The van der Waals surface area contributed by atoms with Crippen molar-refractivity contribution in [1.82, 2.24) is 0 Å². The highest BCUT2D eigenvalue weighted by Crippen LogP contribution is 2.34. The van der Waals surface area contributed by atoms with Crippen molar-refractivity contribution in [3.63, 3.8) is 0 Å². The zero-order chi connectivity index (χ0) is 14.9. The maximum Gasteiger partial charge on any atom is 0.293 e. The molecule has 2 rings (SSSR count). The van der Waals surface area contributed by atoms with Gasteiger partial charge < -0.3 is 4.90 Å². The molecule has 1 unspecified atom stereocenters. The van der Waals surface area contributed by atoms with Gasteiger partial charge in [-0.2, -0.15) is 0 Å². The van der Waals surface area contributed by atoms with Crippen LogP contribution < -0.4 is 4.90 Å². The van der Waals surface area contributed by atoms with Crippen LogP contribution in [0.4, 0.5) is 11.4 Å². The molecule has 0 bridgehead atoms. The van der Waals surface area contributed by atoms with E-state index in [1.807, 2.05) is 0 Å². The molecule has 1 amide bonds. The van der Waals surface area contributed by atoms with Gasteiger partial charge in [0.25, 0.3) is 5.69 Å². The third kappa shape index (κ3) is 2.72. The van der Waals surface area contributed by atoms with Crippen molar-refractivity contribution in [2.45, 2.75) is 13.3 Å². The molecule has 6 nitrogen and oxygen atoms in total. The topological polar surface area (TPSA) is 80.5 Å². The number of Topliss-reactive ketones (excluding diaryl/α,β-unsaturated/α-hetero) is 1. The minimum atomic E-state index is -0.559. The molecule has 1 atom stereocenters. The van der Waals surface area contributed by atoms with Gasteiger partial charge in [-0.25, -0.2) is 0 Å². The van der Waals surface area contributed by atoms with E-state index < -0.39 is 4.92 Å². The number of nitro groups is 1. The first-order valence-electron chi connectivity index (χ1n) is 6.09. The van der Waals surface area contributed by atoms with Crippen LogP contribution in [0.25, 0.3) is 0 Å². The Labute approximate surface area is 124 Å². The quantitative estimate of drug-likeness (QED) is 0.365. The van der Waals surface area contributed by atoms with Crippen LogP contribution in [0, 0.1) is 16.0 Å². The molecule has 0 aliphatic carbocycles. The molecule has 20 heavy (non-hydrogen) atoms. The van der Waals surface area contributed by atoms with Gasteiger partial charge in [-0.05, 0) is 25.0 Å². The number of amides is 1. The van der Waals surface area contributed by atoms with Gasteiger partial charge in [-0.15, -0.1) is 0 Å². The van der Waals surface area contributed by atoms with E-state index >= 15 is 0 Å². The average Bonchev–Trinajstić information content (AvgIpc) is 2.79. The molecule has 1 aliphatic heterocycles. The predicted octanol–water partition coefficient (Wildman–Crippen LogP) is 2.55. The van der Waals surface area contributed by atoms with Gasteiger partial charge in [0.05, 0.1) is 4.92 Å². The first kappa shape index (κ1) is 14.6. The number of benzene rings is 1. The summed E-state index contributed by atoms with van der Waals surface area (Å²) in [5, 5.41) is 11.8. The molecule has 1 aromatic rings. The van der Waals surface area contributed by atoms with E-state index in [-0.39, 0.29) is 34.5 Å². The number of carbonyl (C=O) groups is 2. The average molecular weight is 341 g/mol. The molecule has 1 aromatic carbocycles. The van der Waals surface area contributed by atoms with Gasteiger partial charge in [-0.1, -0.05) is 15.9 Å². The highest BCUT2D eigenvalue weighted by Gasteiger charge is 2.33. The van der Waals surface area contributed by atoms with Gasteiger partial charge in [0.2, 0.25) is 5.91 Å². The van der Waals surface area contributed by atoms with Gasteiger partial charge in [-0.3, -0.25) is 19.7 Å². The predicted molar refractivity (Wildman–Crippen MR) is 77.4 cm³/mol. The molecule has 0 spiro atoms. The zero-order valence-corrected chi connectivity index (χ0v) is 12.4. The van der Waals surface area contributed by atoms with Crippen LogP contribution in [0.3, 0.4) is 0 Å². The van der Waals surface area contributed by atoms with Crippen LogP contribution in [0.1, 0.15) is 23.7 Å². The Morgan fingerprint density at radius 2 is 2.25 bits per heavy atom. The summed E-state index contributed by atoms with van der Waals surface area (Å²) in [6.45, 7) is 1.80. The van der Waals surface area contributed by atoms with Gasteiger partial charge in [0.1, 0.15) is 5.69 Å². The Bertz CT molecular complexity index is 588. The molecular weight excluding hydrogens is 328 g/mol. The van der Waals surface area contributed by atoms with Crippen LogP contribution in [-0.2, 0) is 4.79 Å². The fraction of sp³-hybridized carbons (Fsp3) is 0.385. The first-order valence-corrected chi connectivity index (χ1v) is 7.22. The van der Waals surface area contributed by atoms with E-state index in [9.17, 15) is 19.7 Å². The number of anilines is 1. The van der Waals surface area contributed by atoms with Crippen molar-refractivity contribution in [2.75, 3.05) is 16.8 Å². The summed E-state index contributed by atoms with van der Waals surface area (Å²) in [6.07, 6.45) is 0.372. The van der Waals surface area contributed by atoms with Crippen LogP contribution in [0.2, 0.25) is 0 Å². The second-order valence-electron chi connectivity index (χ2n) is 4.75. The lowest BCUT2D eigenvalue weighted by atomic mass is 10.1. The van der Waals surface area contributed by atoms with Crippen molar-refractivity contribution >= 4 is 39.0 Å². The number of rotatable bonds is 4. The maximum atomic E-state index is 12.0. The summed E-state index contributed by atoms with van der Waals surface area (Å²) in [5.74, 6) is -0.228. The number of nitrogens with zero attached hydrogens (tertiary/aromatic N) is 2. The highest BCUT2D eigenvalue weighted by atomic mass is 79.9. The summed E-state index contributed by atoms with van der Waals surface area (Å²) in [6, 6.07) is 4.22. The van der Waals surface area contributed by atoms with Crippen molar-refractivity contribution in [2.24, 2.45) is 5.92 Å². The van der Waals surface area contributed by atoms with Crippen molar-refractivity contribution in [3.05, 3.63) is 33.9 Å². The maximum absolute atomic E-state index is 12.0. The van der Waals surface area contributed by atoms with Crippen LogP contribution in [-0.4, -0.2) is 28.5 Å². The van der Waals surface area contributed by atoms with E-state index in [0.717, 1.165) is 0 Å². The molecular formula is C13H13BrN2O4. The normalized spacial score (nSPS) is 18.4. The molecule has 0 radical (unpaired) electrons. The standard InChI is InChI=1S/C13H13BrN2O4/c1-8(17)10-2-3-11(12(5-10)16(19)20)15-7-9(6-14)4-13(15)18/h2-3,5,9H,4,6-7H2,1H3. The highest BCUT2D eigenvalue weighted by molar-refractivity contribution is 9.09. The SMILES string of the molecule is CC(=O)c1ccc(N2CC(CBr)CC2=O)c([N+](=O)[O-])c1. The number of halogens is 1. The van der Waals surface area contributed by atoms with Crippen LogP contribution in [0.5, 0.6) is 0 Å². The van der Waals surface area contributed by atoms with Crippen molar-refractivity contribution in [1.29, 1.82) is 0 Å². The smallest absolute Gasteiger partial charge is 0.293 e. The Morgan fingerprint density at radius 3 is 2.75 bits per heavy atom. The number of hydrogen-bond donors (Lipinski definition) is 0. The number of alkyl halides is 1. The summed E-state index contributed by atoms with van der Waals surface area (Å²) in [4.78, 5) is 35.3. The summed E-state index contributed by atoms with van der Waals surface area (Å²) < 4.78 is 0. The number of carbonyl (C=O) groups excluding carboxylic acids is 2. The summed E-state index contributed by atoms with van der Waals surface area (Å²) in [7, 11) is 0. The lowest BCUT2D eigenvalue weighted by Gasteiger charge is -2.16. The second kappa shape index (κ2) is 5.70. The Kier molecular flexibility index (Phi) is 4.17. The third-order valence-corrected chi connectivity index (χ3v) is 4.21. The Morgan fingerprint density at radius 1 is 1.55 bits per heavy atom. The fourth-order valence-electron chi connectivity index (χ4n) is 2.23. The van der Waals surface area contributed by atoms with Crippen LogP contribution >= 0.6 is 15.9 Å². The lowest BCUT2D eigenvalue weighted by Crippen LogP contribution is -2.25. The Hall–Kier alpha value is -1.76. The van der Waals surface area contributed by atoms with Gasteiger partial charge in [0, 0.05) is 29.9 Å². The van der Waals surface area contributed by atoms with E-state index in [0.29, 0.717) is 18.3 Å². The number of hydrogen-bond acceptors (Lipinski definition) is 4. The van der Waals surface area contributed by atoms with E-state index in [4.69, 9.17) is 0 Å². The number of nitro benzene ring substituents is 1. The Balaban J connectivity index is 2.44.